The number of hydrogen-bond acceptors (Lipinski definition) is 3. The summed E-state index contributed by atoms with van der Waals surface area (Å²) in [5.41, 5.74) is 6.67. The molecule has 1 aromatic carbocycles. The van der Waals surface area contributed by atoms with Gasteiger partial charge in [0, 0.05) is 19.1 Å². The lowest BCUT2D eigenvalue weighted by molar-refractivity contribution is 0.0286. The molecule has 4 nitrogen and oxygen atoms in total. The van der Waals surface area contributed by atoms with Crippen molar-refractivity contribution in [2.75, 3.05) is 13.1 Å². The zero-order chi connectivity index (χ0) is 16.5. The molecule has 1 aliphatic rings. The van der Waals surface area contributed by atoms with Crippen LogP contribution in [0.3, 0.4) is 0 Å². The summed E-state index contributed by atoms with van der Waals surface area (Å²) in [5, 5.41) is 0.990. The van der Waals surface area contributed by atoms with Gasteiger partial charge in [-0.2, -0.15) is 0 Å². The van der Waals surface area contributed by atoms with Crippen molar-refractivity contribution in [1.29, 1.82) is 0 Å². The quantitative estimate of drug-likeness (QED) is 0.872. The van der Waals surface area contributed by atoms with Crippen molar-refractivity contribution in [3.63, 3.8) is 0 Å². The smallest absolute Gasteiger partial charge is 0.410 e. The van der Waals surface area contributed by atoms with Crippen molar-refractivity contribution in [1.82, 2.24) is 4.90 Å². The molecule has 122 valence electrons. The maximum atomic E-state index is 12.1. The van der Waals surface area contributed by atoms with Gasteiger partial charge in [0.1, 0.15) is 5.60 Å². The van der Waals surface area contributed by atoms with Crippen LogP contribution in [0.15, 0.2) is 18.2 Å². The topological polar surface area (TPSA) is 55.6 Å². The molecule has 1 saturated heterocycles. The molecule has 0 spiro atoms. The van der Waals surface area contributed by atoms with Gasteiger partial charge in [-0.05, 0) is 44.7 Å². The number of carbonyl (C=O) groups is 1. The van der Waals surface area contributed by atoms with Crippen molar-refractivity contribution in [3.8, 4) is 0 Å². The third kappa shape index (κ3) is 4.06. The fourth-order valence-electron chi connectivity index (χ4n) is 2.60. The lowest BCUT2D eigenvalue weighted by atomic mass is 9.93. The van der Waals surface area contributed by atoms with Gasteiger partial charge in [0.25, 0.3) is 0 Å². The van der Waals surface area contributed by atoms with Crippen molar-refractivity contribution < 1.29 is 9.53 Å². The number of nitrogens with two attached hydrogens (primary N) is 1. The maximum Gasteiger partial charge on any atom is 0.410 e. The number of likely N-dealkylation sites (tertiary alicyclic amines) is 1. The number of halogens is 2. The molecule has 1 aliphatic heterocycles. The van der Waals surface area contributed by atoms with Gasteiger partial charge in [0.2, 0.25) is 0 Å². The summed E-state index contributed by atoms with van der Waals surface area (Å²) in [6.07, 6.45) is 0.530. The van der Waals surface area contributed by atoms with Crippen molar-refractivity contribution in [3.05, 3.63) is 33.8 Å². The second-order valence-corrected chi connectivity index (χ2v) is 7.43. The average Bonchev–Trinajstić information content (AvgIpc) is 2.89. The van der Waals surface area contributed by atoms with Gasteiger partial charge in [-0.3, -0.25) is 0 Å². The van der Waals surface area contributed by atoms with Gasteiger partial charge in [-0.15, -0.1) is 0 Å². The molecule has 2 rings (SSSR count). The van der Waals surface area contributed by atoms with Crippen LogP contribution in [0.25, 0.3) is 0 Å². The van der Waals surface area contributed by atoms with Crippen LogP contribution in [0, 0.1) is 5.92 Å². The van der Waals surface area contributed by atoms with Gasteiger partial charge in [0.05, 0.1) is 10.0 Å². The summed E-state index contributed by atoms with van der Waals surface area (Å²) in [7, 11) is 0. The summed E-state index contributed by atoms with van der Waals surface area (Å²) < 4.78 is 5.40. The van der Waals surface area contributed by atoms with E-state index < -0.39 is 5.60 Å². The Bertz CT molecular complexity index is 558. The highest BCUT2D eigenvalue weighted by molar-refractivity contribution is 6.42. The van der Waals surface area contributed by atoms with E-state index in [-0.39, 0.29) is 18.1 Å². The molecule has 0 saturated carbocycles. The molecule has 1 aromatic rings. The Kier molecular flexibility index (Phi) is 5.25. The molecule has 1 fully saturated rings. The first-order chi connectivity index (χ1) is 10.2. The van der Waals surface area contributed by atoms with E-state index in [0.29, 0.717) is 23.1 Å². The standard InChI is InChI=1S/C16H22Cl2N2O2/c1-16(2,3)22-15(21)20-8-7-10(9-20)14(19)11-5-4-6-12(17)13(11)18/h4-6,10,14H,7-9,19H2,1-3H3. The first kappa shape index (κ1) is 17.4. The van der Waals surface area contributed by atoms with Crippen molar-refractivity contribution in [2.45, 2.75) is 38.8 Å². The molecule has 0 aliphatic carbocycles. The van der Waals surface area contributed by atoms with Gasteiger partial charge in [-0.1, -0.05) is 35.3 Å². The summed E-state index contributed by atoms with van der Waals surface area (Å²) >= 11 is 12.3. The molecule has 22 heavy (non-hydrogen) atoms. The van der Waals surface area contributed by atoms with Crippen LogP contribution in [0.1, 0.15) is 38.8 Å². The summed E-state index contributed by atoms with van der Waals surface area (Å²) in [6.45, 7) is 6.78. The van der Waals surface area contributed by atoms with Crippen LogP contribution >= 0.6 is 23.2 Å². The molecule has 2 atom stereocenters. The lowest BCUT2D eigenvalue weighted by Crippen LogP contribution is -2.36. The number of ether oxygens (including phenoxy) is 1. The molecule has 1 heterocycles. The molecule has 6 heteroatoms. The Morgan fingerprint density at radius 2 is 2.09 bits per heavy atom. The van der Waals surface area contributed by atoms with Crippen LogP contribution in [0.2, 0.25) is 10.0 Å². The largest absolute Gasteiger partial charge is 0.444 e. The summed E-state index contributed by atoms with van der Waals surface area (Å²) in [6, 6.07) is 5.21. The van der Waals surface area contributed by atoms with Crippen LogP contribution in [0.5, 0.6) is 0 Å². The van der Waals surface area contributed by atoms with Crippen molar-refractivity contribution in [2.24, 2.45) is 11.7 Å². The van der Waals surface area contributed by atoms with E-state index >= 15 is 0 Å². The minimum Gasteiger partial charge on any atom is -0.444 e. The number of carbonyl (C=O) groups excluding carboxylic acids is 1. The average molecular weight is 345 g/mol. The SMILES string of the molecule is CC(C)(C)OC(=O)N1CCC(C(N)c2cccc(Cl)c2Cl)C1. The normalized spacial score (nSPS) is 20.1. The third-order valence-electron chi connectivity index (χ3n) is 3.72. The van der Waals surface area contributed by atoms with E-state index in [1.165, 1.54) is 0 Å². The zero-order valence-electron chi connectivity index (χ0n) is 13.1. The van der Waals surface area contributed by atoms with Crippen LogP contribution in [0.4, 0.5) is 4.79 Å². The molecular weight excluding hydrogens is 323 g/mol. The van der Waals surface area contributed by atoms with Gasteiger partial charge in [0.15, 0.2) is 0 Å². The Hall–Kier alpha value is -0.970. The van der Waals surface area contributed by atoms with E-state index in [4.69, 9.17) is 33.7 Å². The van der Waals surface area contributed by atoms with E-state index in [1.54, 1.807) is 11.0 Å². The van der Waals surface area contributed by atoms with Crippen molar-refractivity contribution >= 4 is 29.3 Å². The maximum absolute atomic E-state index is 12.1. The van der Waals surface area contributed by atoms with Gasteiger partial charge < -0.3 is 15.4 Å². The molecule has 2 unspecified atom stereocenters. The molecular formula is C16H22Cl2N2O2. The number of nitrogens with zero attached hydrogens (tertiary/aromatic N) is 1. The summed E-state index contributed by atoms with van der Waals surface area (Å²) in [5.74, 6) is 0.142. The predicted octanol–water partition coefficient (Wildman–Crippen LogP) is 4.25. The Balaban J connectivity index is 2.04. The number of benzene rings is 1. The first-order valence-corrected chi connectivity index (χ1v) is 8.12. The Morgan fingerprint density at radius 3 is 2.73 bits per heavy atom. The van der Waals surface area contributed by atoms with E-state index in [0.717, 1.165) is 12.0 Å². The molecule has 0 aromatic heterocycles. The molecule has 1 amide bonds. The zero-order valence-corrected chi connectivity index (χ0v) is 14.6. The predicted molar refractivity (Wildman–Crippen MR) is 89.3 cm³/mol. The van der Waals surface area contributed by atoms with Crippen LogP contribution in [-0.4, -0.2) is 29.7 Å². The lowest BCUT2D eigenvalue weighted by Gasteiger charge is -2.25. The Morgan fingerprint density at radius 1 is 1.41 bits per heavy atom. The van der Waals surface area contributed by atoms with Crippen LogP contribution < -0.4 is 5.73 Å². The highest BCUT2D eigenvalue weighted by atomic mass is 35.5. The van der Waals surface area contributed by atoms with Crippen LogP contribution in [-0.2, 0) is 4.74 Å². The van der Waals surface area contributed by atoms with E-state index in [2.05, 4.69) is 0 Å². The second-order valence-electron chi connectivity index (χ2n) is 6.64. The van der Waals surface area contributed by atoms with E-state index in [9.17, 15) is 4.79 Å². The molecule has 0 bridgehead atoms. The fourth-order valence-corrected chi connectivity index (χ4v) is 3.04. The van der Waals surface area contributed by atoms with Gasteiger partial charge >= 0.3 is 6.09 Å². The molecule has 2 N–H and O–H groups in total. The minimum absolute atomic E-state index is 0.142. The number of amides is 1. The number of rotatable bonds is 2. The Labute approximate surface area is 141 Å². The third-order valence-corrected chi connectivity index (χ3v) is 4.56. The second kappa shape index (κ2) is 6.65. The monoisotopic (exact) mass is 344 g/mol. The highest BCUT2D eigenvalue weighted by Gasteiger charge is 2.34. The highest BCUT2D eigenvalue weighted by Crippen LogP contribution is 2.35. The minimum atomic E-state index is -0.493. The molecule has 0 radical (unpaired) electrons. The van der Waals surface area contributed by atoms with Gasteiger partial charge in [-0.25, -0.2) is 4.79 Å². The first-order valence-electron chi connectivity index (χ1n) is 7.36. The van der Waals surface area contributed by atoms with E-state index in [1.807, 2.05) is 32.9 Å². The fraction of sp³-hybridized carbons (Fsp3) is 0.562. The summed E-state index contributed by atoms with van der Waals surface area (Å²) in [4.78, 5) is 13.8. The number of hydrogen-bond donors (Lipinski definition) is 1.